The largest absolute Gasteiger partial charge is 0.349 e. The molecule has 150 valence electrons. The highest BCUT2D eigenvalue weighted by molar-refractivity contribution is 7.92. The molecule has 0 radical (unpaired) electrons. The van der Waals surface area contributed by atoms with Crippen LogP contribution < -0.4 is 9.62 Å². The van der Waals surface area contributed by atoms with Crippen LogP contribution in [0.3, 0.4) is 0 Å². The van der Waals surface area contributed by atoms with E-state index in [0.29, 0.717) is 11.1 Å². The van der Waals surface area contributed by atoms with Crippen molar-refractivity contribution in [3.05, 3.63) is 65.5 Å². The third kappa shape index (κ3) is 5.10. The van der Waals surface area contributed by atoms with Crippen molar-refractivity contribution in [2.75, 3.05) is 10.6 Å². The van der Waals surface area contributed by atoms with Crippen molar-refractivity contribution < 1.29 is 17.6 Å². The summed E-state index contributed by atoms with van der Waals surface area (Å²) in [5.74, 6) is -0.719. The van der Waals surface area contributed by atoms with E-state index in [0.717, 1.165) is 36.2 Å². The van der Waals surface area contributed by atoms with Gasteiger partial charge in [0.05, 0.1) is 18.5 Å². The molecule has 28 heavy (non-hydrogen) atoms. The quantitative estimate of drug-likeness (QED) is 0.795. The highest BCUT2D eigenvalue weighted by Crippen LogP contribution is 2.24. The zero-order valence-corrected chi connectivity index (χ0v) is 16.7. The van der Waals surface area contributed by atoms with E-state index < -0.39 is 15.8 Å². The summed E-state index contributed by atoms with van der Waals surface area (Å²) in [6.45, 7) is -0.00963. The zero-order valence-electron chi connectivity index (χ0n) is 15.9. The molecule has 5 nitrogen and oxygen atoms in total. The number of sulfonamides is 1. The average molecular weight is 405 g/mol. The molecule has 0 aliphatic heterocycles. The number of benzene rings is 2. The second-order valence-electron chi connectivity index (χ2n) is 7.23. The van der Waals surface area contributed by atoms with E-state index in [9.17, 15) is 17.6 Å². The molecule has 2 aromatic rings. The molecule has 1 amide bonds. The highest BCUT2D eigenvalue weighted by atomic mass is 32.2. The van der Waals surface area contributed by atoms with Crippen molar-refractivity contribution in [2.45, 2.75) is 44.7 Å². The number of halogens is 1. The minimum Gasteiger partial charge on any atom is -0.349 e. The molecular formula is C21H25FN2O3S. The first-order valence-electron chi connectivity index (χ1n) is 9.46. The Morgan fingerprint density at radius 3 is 2.32 bits per heavy atom. The van der Waals surface area contributed by atoms with E-state index in [1.54, 1.807) is 30.3 Å². The topological polar surface area (TPSA) is 66.5 Å². The Hall–Kier alpha value is -2.41. The average Bonchev–Trinajstić information content (AvgIpc) is 2.67. The Labute approximate surface area is 165 Å². The summed E-state index contributed by atoms with van der Waals surface area (Å²) in [7, 11) is -3.67. The fraction of sp³-hybridized carbons (Fsp3) is 0.381. The Morgan fingerprint density at radius 2 is 1.71 bits per heavy atom. The molecule has 2 aromatic carbocycles. The first-order valence-corrected chi connectivity index (χ1v) is 11.3. The first kappa shape index (κ1) is 20.3. The molecular weight excluding hydrogens is 379 g/mol. The lowest BCUT2D eigenvalue weighted by Crippen LogP contribution is -2.36. The molecule has 7 heteroatoms. The Bertz CT molecular complexity index is 923. The molecule has 0 aromatic heterocycles. The van der Waals surface area contributed by atoms with Gasteiger partial charge in [-0.25, -0.2) is 12.8 Å². The molecule has 0 heterocycles. The van der Waals surface area contributed by atoms with Gasteiger partial charge in [-0.1, -0.05) is 43.5 Å². The molecule has 3 rings (SSSR count). The number of rotatable bonds is 6. The normalized spacial score (nSPS) is 15.2. The van der Waals surface area contributed by atoms with Gasteiger partial charge >= 0.3 is 0 Å². The number of hydrogen-bond donors (Lipinski definition) is 1. The van der Waals surface area contributed by atoms with Crippen LogP contribution in [0.4, 0.5) is 10.1 Å². The van der Waals surface area contributed by atoms with E-state index in [1.165, 1.54) is 24.6 Å². The van der Waals surface area contributed by atoms with Gasteiger partial charge in [0.2, 0.25) is 10.0 Å². The molecule has 1 fully saturated rings. The van der Waals surface area contributed by atoms with Crippen molar-refractivity contribution in [3.63, 3.8) is 0 Å². The molecule has 1 saturated carbocycles. The number of nitrogens with zero attached hydrogens (tertiary/aromatic N) is 1. The predicted molar refractivity (Wildman–Crippen MR) is 108 cm³/mol. The van der Waals surface area contributed by atoms with Gasteiger partial charge in [0, 0.05) is 11.6 Å². The molecule has 0 spiro atoms. The third-order valence-corrected chi connectivity index (χ3v) is 6.13. The van der Waals surface area contributed by atoms with Crippen LogP contribution in [-0.4, -0.2) is 26.6 Å². The van der Waals surface area contributed by atoms with Gasteiger partial charge in [0.1, 0.15) is 5.82 Å². The van der Waals surface area contributed by atoms with Crippen LogP contribution in [-0.2, 0) is 16.6 Å². The van der Waals surface area contributed by atoms with Gasteiger partial charge in [0.15, 0.2) is 0 Å². The Balaban J connectivity index is 1.73. The van der Waals surface area contributed by atoms with E-state index in [4.69, 9.17) is 0 Å². The zero-order chi connectivity index (χ0) is 20.1. The summed E-state index contributed by atoms with van der Waals surface area (Å²) in [5.41, 5.74) is 1.21. The lowest BCUT2D eigenvalue weighted by Gasteiger charge is -2.23. The second kappa shape index (κ2) is 8.73. The molecule has 0 atom stereocenters. The number of carbonyl (C=O) groups excluding carboxylic acids is 1. The second-order valence-corrected chi connectivity index (χ2v) is 9.13. The van der Waals surface area contributed by atoms with Gasteiger partial charge in [-0.2, -0.15) is 0 Å². The van der Waals surface area contributed by atoms with E-state index in [-0.39, 0.29) is 24.2 Å². The van der Waals surface area contributed by atoms with Gasteiger partial charge in [-0.3, -0.25) is 9.10 Å². The van der Waals surface area contributed by atoms with Crippen molar-refractivity contribution in [1.82, 2.24) is 5.32 Å². The fourth-order valence-corrected chi connectivity index (χ4v) is 4.37. The number of para-hydroxylation sites is 1. The summed E-state index contributed by atoms with van der Waals surface area (Å²) in [4.78, 5) is 12.4. The minimum atomic E-state index is -3.67. The maximum absolute atomic E-state index is 14.1. The molecule has 0 saturated heterocycles. The smallest absolute Gasteiger partial charge is 0.251 e. The number of carbonyl (C=O) groups is 1. The molecule has 1 aliphatic rings. The minimum absolute atomic E-state index is 0.00381. The van der Waals surface area contributed by atoms with Crippen molar-refractivity contribution in [3.8, 4) is 0 Å². The third-order valence-electron chi connectivity index (χ3n) is 5.00. The van der Waals surface area contributed by atoms with Crippen LogP contribution in [0.15, 0.2) is 48.5 Å². The van der Waals surface area contributed by atoms with E-state index >= 15 is 0 Å². The van der Waals surface area contributed by atoms with E-state index in [1.807, 2.05) is 0 Å². The Morgan fingerprint density at radius 1 is 1.07 bits per heavy atom. The fourth-order valence-electron chi connectivity index (χ4n) is 3.48. The van der Waals surface area contributed by atoms with Gasteiger partial charge in [-0.05, 0) is 42.7 Å². The standard InChI is InChI=1S/C21H25FN2O3S/c1-28(26,27)24(20-10-6-5-9-19(20)22)15-16-11-13-17(14-12-16)21(25)23-18-7-3-2-4-8-18/h5-6,9-14,18H,2-4,7-8,15H2,1H3,(H,23,25). The van der Waals surface area contributed by atoms with Gasteiger partial charge in [-0.15, -0.1) is 0 Å². The summed E-state index contributed by atoms with van der Waals surface area (Å²) in [6, 6.07) is 12.7. The van der Waals surface area contributed by atoms with Gasteiger partial charge < -0.3 is 5.32 Å². The predicted octanol–water partition coefficient (Wildman–Crippen LogP) is 3.85. The lowest BCUT2D eigenvalue weighted by atomic mass is 9.95. The monoisotopic (exact) mass is 404 g/mol. The van der Waals surface area contributed by atoms with Crippen LogP contribution in [0, 0.1) is 5.82 Å². The number of hydrogen-bond acceptors (Lipinski definition) is 3. The van der Waals surface area contributed by atoms with Crippen LogP contribution in [0.1, 0.15) is 48.0 Å². The summed E-state index contributed by atoms with van der Waals surface area (Å²) in [5, 5.41) is 3.06. The van der Waals surface area contributed by atoms with Crippen LogP contribution in [0.25, 0.3) is 0 Å². The summed E-state index contributed by atoms with van der Waals surface area (Å²) >= 11 is 0. The number of amides is 1. The first-order chi connectivity index (χ1) is 13.3. The SMILES string of the molecule is CS(=O)(=O)N(Cc1ccc(C(=O)NC2CCCCC2)cc1)c1ccccc1F. The maximum atomic E-state index is 14.1. The van der Waals surface area contributed by atoms with Gasteiger partial charge in [0.25, 0.3) is 5.91 Å². The van der Waals surface area contributed by atoms with Crippen molar-refractivity contribution >= 4 is 21.6 Å². The highest BCUT2D eigenvalue weighted by Gasteiger charge is 2.21. The van der Waals surface area contributed by atoms with Crippen LogP contribution in [0.2, 0.25) is 0 Å². The Kier molecular flexibility index (Phi) is 6.34. The lowest BCUT2D eigenvalue weighted by molar-refractivity contribution is 0.0927. The number of anilines is 1. The molecule has 0 bridgehead atoms. The summed E-state index contributed by atoms with van der Waals surface area (Å²) < 4.78 is 39.5. The summed E-state index contributed by atoms with van der Waals surface area (Å²) in [6.07, 6.45) is 6.57. The molecule has 1 aliphatic carbocycles. The van der Waals surface area contributed by atoms with E-state index in [2.05, 4.69) is 5.32 Å². The number of nitrogens with one attached hydrogen (secondary N) is 1. The van der Waals surface area contributed by atoms with Crippen LogP contribution in [0.5, 0.6) is 0 Å². The van der Waals surface area contributed by atoms with Crippen molar-refractivity contribution in [1.29, 1.82) is 0 Å². The molecule has 1 N–H and O–H groups in total. The maximum Gasteiger partial charge on any atom is 0.251 e. The van der Waals surface area contributed by atoms with Crippen LogP contribution >= 0.6 is 0 Å². The molecule has 0 unspecified atom stereocenters. The van der Waals surface area contributed by atoms with Crippen molar-refractivity contribution in [2.24, 2.45) is 0 Å².